The summed E-state index contributed by atoms with van der Waals surface area (Å²) in [6, 6.07) is 9.18. The summed E-state index contributed by atoms with van der Waals surface area (Å²) in [5.41, 5.74) is 0.937. The van der Waals surface area contributed by atoms with E-state index in [0.717, 1.165) is 0 Å². The topological polar surface area (TPSA) is 55.2 Å². The lowest BCUT2D eigenvalue weighted by Gasteiger charge is -2.08. The molecule has 4 nitrogen and oxygen atoms in total. The van der Waals surface area contributed by atoms with Gasteiger partial charge in [0.15, 0.2) is 0 Å². The number of nitrogens with one attached hydrogen (secondary N) is 1. The van der Waals surface area contributed by atoms with Crippen LogP contribution in [0.1, 0.15) is 0 Å². The van der Waals surface area contributed by atoms with Crippen molar-refractivity contribution in [1.82, 2.24) is 0 Å². The molecule has 0 bridgehead atoms. The maximum atomic E-state index is 13.6. The fourth-order valence-electron chi connectivity index (χ4n) is 1.48. The Labute approximate surface area is 130 Å². The number of hydrogen-bond acceptors (Lipinski definition) is 3. The van der Waals surface area contributed by atoms with Crippen LogP contribution < -0.4 is 5.32 Å². The molecule has 2 aromatic carbocycles. The predicted octanol–water partition coefficient (Wildman–Crippen LogP) is 4.84. The molecular formula is C12H7BrFIN2O2. The second-order valence-corrected chi connectivity index (χ2v) is 5.75. The van der Waals surface area contributed by atoms with Gasteiger partial charge in [0.1, 0.15) is 5.82 Å². The summed E-state index contributed by atoms with van der Waals surface area (Å²) < 4.78 is 14.8. The highest BCUT2D eigenvalue weighted by atomic mass is 127. The highest BCUT2D eigenvalue weighted by Crippen LogP contribution is 2.28. The van der Waals surface area contributed by atoms with E-state index < -0.39 is 10.7 Å². The van der Waals surface area contributed by atoms with Gasteiger partial charge < -0.3 is 5.32 Å². The molecule has 0 saturated carbocycles. The number of halogens is 3. The van der Waals surface area contributed by atoms with E-state index >= 15 is 0 Å². The monoisotopic (exact) mass is 436 g/mol. The Morgan fingerprint density at radius 2 is 2.00 bits per heavy atom. The summed E-state index contributed by atoms with van der Waals surface area (Å²) in [6.07, 6.45) is 0. The minimum Gasteiger partial charge on any atom is -0.353 e. The molecule has 98 valence electrons. The maximum Gasteiger partial charge on any atom is 0.282 e. The van der Waals surface area contributed by atoms with E-state index in [1.54, 1.807) is 24.3 Å². The Balaban J connectivity index is 2.29. The van der Waals surface area contributed by atoms with Crippen LogP contribution in [0.4, 0.5) is 21.5 Å². The minimum atomic E-state index is -0.453. The molecule has 0 heterocycles. The third kappa shape index (κ3) is 3.41. The number of nitro groups is 1. The normalized spacial score (nSPS) is 10.3. The van der Waals surface area contributed by atoms with Gasteiger partial charge in [-0.1, -0.05) is 15.9 Å². The zero-order valence-corrected chi connectivity index (χ0v) is 13.1. The van der Waals surface area contributed by atoms with Crippen molar-refractivity contribution in [1.29, 1.82) is 0 Å². The van der Waals surface area contributed by atoms with Crippen LogP contribution in [0.5, 0.6) is 0 Å². The molecule has 0 spiro atoms. The summed E-state index contributed by atoms with van der Waals surface area (Å²) in [5.74, 6) is -0.400. The zero-order valence-electron chi connectivity index (χ0n) is 9.36. The molecule has 0 unspecified atom stereocenters. The van der Waals surface area contributed by atoms with Crippen molar-refractivity contribution >= 4 is 55.6 Å². The SMILES string of the molecule is O=[N+]([O-])c1ccc(Nc2ccc(Br)cc2F)cc1I. The number of nitro benzene ring substituents is 1. The molecule has 0 aliphatic heterocycles. The molecule has 19 heavy (non-hydrogen) atoms. The Bertz CT molecular complexity index is 652. The van der Waals surface area contributed by atoms with Crippen molar-refractivity contribution < 1.29 is 9.31 Å². The third-order valence-corrected chi connectivity index (χ3v) is 3.71. The van der Waals surface area contributed by atoms with Crippen molar-refractivity contribution in [3.05, 3.63) is 60.4 Å². The fourth-order valence-corrected chi connectivity index (χ4v) is 2.52. The van der Waals surface area contributed by atoms with Gasteiger partial charge >= 0.3 is 0 Å². The van der Waals surface area contributed by atoms with Gasteiger partial charge in [0.2, 0.25) is 0 Å². The lowest BCUT2D eigenvalue weighted by molar-refractivity contribution is -0.385. The van der Waals surface area contributed by atoms with Crippen molar-refractivity contribution in [2.24, 2.45) is 0 Å². The molecule has 7 heteroatoms. The summed E-state index contributed by atoms with van der Waals surface area (Å²) in [4.78, 5) is 10.2. The fraction of sp³-hybridized carbons (Fsp3) is 0. The number of hydrogen-bond donors (Lipinski definition) is 1. The van der Waals surface area contributed by atoms with Crippen LogP contribution in [0, 0.1) is 19.5 Å². The Morgan fingerprint density at radius 3 is 2.58 bits per heavy atom. The van der Waals surface area contributed by atoms with Gasteiger partial charge in [0, 0.05) is 16.2 Å². The molecule has 0 saturated heterocycles. The Kier molecular flexibility index (Phi) is 4.35. The van der Waals surface area contributed by atoms with Gasteiger partial charge in [0.25, 0.3) is 5.69 Å². The number of benzene rings is 2. The lowest BCUT2D eigenvalue weighted by atomic mass is 10.2. The summed E-state index contributed by atoms with van der Waals surface area (Å²) in [5, 5.41) is 13.6. The molecule has 0 aromatic heterocycles. The highest BCUT2D eigenvalue weighted by Gasteiger charge is 2.12. The Hall–Kier alpha value is -1.22. The molecule has 0 fully saturated rings. The highest BCUT2D eigenvalue weighted by molar-refractivity contribution is 14.1. The smallest absolute Gasteiger partial charge is 0.282 e. The average Bonchev–Trinajstić information content (AvgIpc) is 2.32. The van der Waals surface area contributed by atoms with Crippen LogP contribution in [0.25, 0.3) is 0 Å². The van der Waals surface area contributed by atoms with E-state index in [9.17, 15) is 14.5 Å². The second-order valence-electron chi connectivity index (χ2n) is 3.67. The van der Waals surface area contributed by atoms with E-state index in [4.69, 9.17) is 0 Å². The van der Waals surface area contributed by atoms with Crippen LogP contribution in [0.3, 0.4) is 0 Å². The molecule has 2 aromatic rings. The van der Waals surface area contributed by atoms with E-state index in [-0.39, 0.29) is 5.69 Å². The number of nitrogens with zero attached hydrogens (tertiary/aromatic N) is 1. The first kappa shape index (κ1) is 14.2. The van der Waals surface area contributed by atoms with Gasteiger partial charge in [-0.25, -0.2) is 4.39 Å². The quantitative estimate of drug-likeness (QED) is 0.425. The molecule has 2 rings (SSSR count). The van der Waals surface area contributed by atoms with Crippen LogP contribution in [-0.4, -0.2) is 4.92 Å². The van der Waals surface area contributed by atoms with Crippen LogP contribution >= 0.6 is 38.5 Å². The van der Waals surface area contributed by atoms with E-state index in [2.05, 4.69) is 21.2 Å². The molecule has 0 aliphatic carbocycles. The van der Waals surface area contributed by atoms with Crippen LogP contribution in [0.2, 0.25) is 0 Å². The van der Waals surface area contributed by atoms with Gasteiger partial charge in [-0.2, -0.15) is 0 Å². The van der Waals surface area contributed by atoms with E-state index in [1.807, 2.05) is 22.6 Å². The van der Waals surface area contributed by atoms with E-state index in [0.29, 0.717) is 19.4 Å². The predicted molar refractivity (Wildman–Crippen MR) is 83.2 cm³/mol. The third-order valence-electron chi connectivity index (χ3n) is 2.35. The molecule has 1 N–H and O–H groups in total. The van der Waals surface area contributed by atoms with Gasteiger partial charge in [-0.05, 0) is 52.9 Å². The summed E-state index contributed by atoms with van der Waals surface area (Å²) in [7, 11) is 0. The van der Waals surface area contributed by atoms with Crippen LogP contribution in [0.15, 0.2) is 40.9 Å². The molecule has 0 atom stereocenters. The largest absolute Gasteiger partial charge is 0.353 e. The summed E-state index contributed by atoms with van der Waals surface area (Å²) >= 11 is 5.05. The minimum absolute atomic E-state index is 0.0300. The number of anilines is 2. The van der Waals surface area contributed by atoms with Gasteiger partial charge in [0.05, 0.1) is 14.2 Å². The summed E-state index contributed by atoms with van der Waals surface area (Å²) in [6.45, 7) is 0. The maximum absolute atomic E-state index is 13.6. The lowest BCUT2D eigenvalue weighted by Crippen LogP contribution is -1.96. The first-order valence-corrected chi connectivity index (χ1v) is 7.00. The molecule has 0 aliphatic rings. The number of rotatable bonds is 3. The van der Waals surface area contributed by atoms with Crippen molar-refractivity contribution in [3.8, 4) is 0 Å². The van der Waals surface area contributed by atoms with Gasteiger partial charge in [-0.15, -0.1) is 0 Å². The second kappa shape index (κ2) is 5.83. The van der Waals surface area contributed by atoms with Crippen LogP contribution in [-0.2, 0) is 0 Å². The zero-order chi connectivity index (χ0) is 14.0. The molecule has 0 radical (unpaired) electrons. The van der Waals surface area contributed by atoms with Crippen molar-refractivity contribution in [3.63, 3.8) is 0 Å². The Morgan fingerprint density at radius 1 is 1.26 bits per heavy atom. The van der Waals surface area contributed by atoms with Crippen molar-refractivity contribution in [2.45, 2.75) is 0 Å². The average molecular weight is 437 g/mol. The first-order chi connectivity index (χ1) is 8.97. The van der Waals surface area contributed by atoms with E-state index in [1.165, 1.54) is 12.1 Å². The standard InChI is InChI=1S/C12H7BrFIN2O2/c13-7-1-3-11(9(14)5-7)16-8-2-4-12(17(18)19)10(15)6-8/h1-6,16H. The van der Waals surface area contributed by atoms with Crippen molar-refractivity contribution in [2.75, 3.05) is 5.32 Å². The molecule has 0 amide bonds. The van der Waals surface area contributed by atoms with Gasteiger partial charge in [-0.3, -0.25) is 10.1 Å². The molecular weight excluding hydrogens is 430 g/mol. The first-order valence-electron chi connectivity index (χ1n) is 5.13.